The number of rotatable bonds is 3. The molecule has 2 aliphatic heterocycles. The molecule has 0 aliphatic carbocycles. The van der Waals surface area contributed by atoms with Gasteiger partial charge in [-0.2, -0.15) is 0 Å². The summed E-state index contributed by atoms with van der Waals surface area (Å²) in [6, 6.07) is 8.75. The second-order valence-corrected chi connectivity index (χ2v) is 6.11. The Hall–Kier alpha value is -2.41. The number of amides is 2. The molecule has 0 aromatic heterocycles. The number of aliphatic hydroxyl groups excluding tert-OH is 1. The molecular weight excluding hydrogens is 312 g/mol. The maximum absolute atomic E-state index is 12.6. The Balaban J connectivity index is 1.94. The van der Waals surface area contributed by atoms with Crippen molar-refractivity contribution in [2.24, 2.45) is 5.92 Å². The Morgan fingerprint density at radius 2 is 2.00 bits per heavy atom. The van der Waals surface area contributed by atoms with Crippen LogP contribution in [-0.4, -0.2) is 65.5 Å². The topological polar surface area (TPSA) is 87.1 Å². The van der Waals surface area contributed by atoms with E-state index < -0.39 is 18.4 Å². The van der Waals surface area contributed by atoms with Gasteiger partial charge in [0.05, 0.1) is 31.7 Å². The average Bonchev–Trinajstić information content (AvgIpc) is 3.01. The number of fused-ring (bicyclic) bond motifs is 1. The SMILES string of the molecule is COC(=O)[C@H]1C[C@H]2CN(C(=O)CO)CC(=O)N2[C@H]1c1ccccc1. The quantitative estimate of drug-likeness (QED) is 0.785. The molecule has 2 fully saturated rings. The van der Waals surface area contributed by atoms with Crippen LogP contribution in [-0.2, 0) is 19.1 Å². The zero-order valence-electron chi connectivity index (χ0n) is 13.4. The van der Waals surface area contributed by atoms with E-state index in [0.29, 0.717) is 13.0 Å². The van der Waals surface area contributed by atoms with Crippen LogP contribution in [0.2, 0.25) is 0 Å². The third-order valence-corrected chi connectivity index (χ3v) is 4.78. The van der Waals surface area contributed by atoms with Gasteiger partial charge in [0.2, 0.25) is 11.8 Å². The van der Waals surface area contributed by atoms with Crippen molar-refractivity contribution in [1.82, 2.24) is 9.80 Å². The summed E-state index contributed by atoms with van der Waals surface area (Å²) in [5, 5.41) is 9.03. The first-order valence-corrected chi connectivity index (χ1v) is 7.89. The summed E-state index contributed by atoms with van der Waals surface area (Å²) in [6.45, 7) is -0.377. The van der Waals surface area contributed by atoms with Gasteiger partial charge in [-0.3, -0.25) is 14.4 Å². The van der Waals surface area contributed by atoms with Crippen molar-refractivity contribution in [1.29, 1.82) is 0 Å². The first-order valence-electron chi connectivity index (χ1n) is 7.89. The fourth-order valence-corrected chi connectivity index (χ4v) is 3.75. The summed E-state index contributed by atoms with van der Waals surface area (Å²) < 4.78 is 4.93. The van der Waals surface area contributed by atoms with E-state index in [4.69, 9.17) is 9.84 Å². The standard InChI is InChI=1S/C17H20N2O5/c1-24-17(23)13-7-12-8-18(15(22)10-20)9-14(21)19(12)16(13)11-5-3-2-4-6-11/h2-6,12-13,16,20H,7-10H2,1H3/t12-,13-,16-/m0/s1. The zero-order valence-corrected chi connectivity index (χ0v) is 13.4. The number of piperazine rings is 1. The fourth-order valence-electron chi connectivity index (χ4n) is 3.75. The highest BCUT2D eigenvalue weighted by molar-refractivity contribution is 5.88. The van der Waals surface area contributed by atoms with Gasteiger partial charge in [-0.05, 0) is 12.0 Å². The highest BCUT2D eigenvalue weighted by Crippen LogP contribution is 2.43. The minimum absolute atomic E-state index is 0.0763. The lowest BCUT2D eigenvalue weighted by Gasteiger charge is -2.39. The molecule has 1 N–H and O–H groups in total. The number of esters is 1. The van der Waals surface area contributed by atoms with Gasteiger partial charge < -0.3 is 19.6 Å². The molecule has 0 radical (unpaired) electrons. The normalized spacial score (nSPS) is 26.2. The summed E-state index contributed by atoms with van der Waals surface area (Å²) in [5.74, 6) is -1.50. The highest BCUT2D eigenvalue weighted by atomic mass is 16.5. The number of carbonyl (C=O) groups excluding carboxylic acids is 3. The van der Waals surface area contributed by atoms with Crippen LogP contribution in [0.5, 0.6) is 0 Å². The second kappa shape index (κ2) is 6.60. The maximum atomic E-state index is 12.6. The van der Waals surface area contributed by atoms with E-state index in [1.165, 1.54) is 12.0 Å². The lowest BCUT2D eigenvalue weighted by Crippen LogP contribution is -2.56. The molecule has 3 rings (SSSR count). The molecule has 1 aromatic carbocycles. The molecule has 0 unspecified atom stereocenters. The Labute approximate surface area is 139 Å². The molecule has 7 nitrogen and oxygen atoms in total. The summed E-state index contributed by atoms with van der Waals surface area (Å²) in [6.07, 6.45) is 0.438. The summed E-state index contributed by atoms with van der Waals surface area (Å²) in [4.78, 5) is 39.7. The summed E-state index contributed by atoms with van der Waals surface area (Å²) in [7, 11) is 1.34. The van der Waals surface area contributed by atoms with Crippen LogP contribution < -0.4 is 0 Å². The fraction of sp³-hybridized carbons (Fsp3) is 0.471. The monoisotopic (exact) mass is 332 g/mol. The van der Waals surface area contributed by atoms with Crippen molar-refractivity contribution in [3.8, 4) is 0 Å². The molecule has 0 bridgehead atoms. The number of nitrogens with zero attached hydrogens (tertiary/aromatic N) is 2. The van der Waals surface area contributed by atoms with E-state index in [0.717, 1.165) is 5.56 Å². The first-order chi connectivity index (χ1) is 11.6. The van der Waals surface area contributed by atoms with E-state index in [1.807, 2.05) is 30.3 Å². The van der Waals surface area contributed by atoms with Gasteiger partial charge in [-0.25, -0.2) is 0 Å². The third-order valence-electron chi connectivity index (χ3n) is 4.78. The van der Waals surface area contributed by atoms with E-state index in [9.17, 15) is 14.4 Å². The molecule has 2 heterocycles. The minimum Gasteiger partial charge on any atom is -0.469 e. The number of carbonyl (C=O) groups is 3. The molecule has 2 aliphatic rings. The van der Waals surface area contributed by atoms with Crippen molar-refractivity contribution >= 4 is 17.8 Å². The van der Waals surface area contributed by atoms with Crippen LogP contribution in [0.4, 0.5) is 0 Å². The maximum Gasteiger partial charge on any atom is 0.311 e. The van der Waals surface area contributed by atoms with Crippen LogP contribution in [0.15, 0.2) is 30.3 Å². The summed E-state index contributed by atoms with van der Waals surface area (Å²) in [5.41, 5.74) is 0.880. The summed E-state index contributed by atoms with van der Waals surface area (Å²) >= 11 is 0. The van der Waals surface area contributed by atoms with Crippen molar-refractivity contribution in [2.45, 2.75) is 18.5 Å². The zero-order chi connectivity index (χ0) is 17.3. The molecular formula is C17H20N2O5. The predicted molar refractivity (Wildman–Crippen MR) is 83.6 cm³/mol. The van der Waals surface area contributed by atoms with Crippen LogP contribution in [0, 0.1) is 5.92 Å². The largest absolute Gasteiger partial charge is 0.469 e. The molecule has 0 saturated carbocycles. The van der Waals surface area contributed by atoms with Crippen molar-refractivity contribution in [3.63, 3.8) is 0 Å². The smallest absolute Gasteiger partial charge is 0.311 e. The second-order valence-electron chi connectivity index (χ2n) is 6.11. The third kappa shape index (κ3) is 2.75. The van der Waals surface area contributed by atoms with E-state index >= 15 is 0 Å². The van der Waals surface area contributed by atoms with Crippen LogP contribution in [0.25, 0.3) is 0 Å². The van der Waals surface area contributed by atoms with E-state index in [1.54, 1.807) is 4.90 Å². The molecule has 3 atom stereocenters. The van der Waals surface area contributed by atoms with Gasteiger partial charge in [-0.15, -0.1) is 0 Å². The average molecular weight is 332 g/mol. The molecule has 2 amide bonds. The molecule has 1 aromatic rings. The predicted octanol–water partition coefficient (Wildman–Crippen LogP) is -0.0477. The number of hydrogen-bond donors (Lipinski definition) is 1. The van der Waals surface area contributed by atoms with Gasteiger partial charge in [0.1, 0.15) is 6.61 Å². The molecule has 24 heavy (non-hydrogen) atoms. The molecule has 7 heteroatoms. The number of methoxy groups -OCH3 is 1. The number of aliphatic hydroxyl groups is 1. The van der Waals surface area contributed by atoms with Crippen molar-refractivity contribution in [3.05, 3.63) is 35.9 Å². The van der Waals surface area contributed by atoms with Crippen LogP contribution in [0.1, 0.15) is 18.0 Å². The first kappa shape index (κ1) is 16.4. The van der Waals surface area contributed by atoms with Gasteiger partial charge in [-0.1, -0.05) is 30.3 Å². The van der Waals surface area contributed by atoms with Crippen molar-refractivity contribution in [2.75, 3.05) is 26.8 Å². The Morgan fingerprint density at radius 1 is 1.29 bits per heavy atom. The Morgan fingerprint density at radius 3 is 2.62 bits per heavy atom. The van der Waals surface area contributed by atoms with Crippen LogP contribution in [0.3, 0.4) is 0 Å². The number of hydrogen-bond acceptors (Lipinski definition) is 5. The van der Waals surface area contributed by atoms with E-state index in [2.05, 4.69) is 0 Å². The molecule has 2 saturated heterocycles. The highest BCUT2D eigenvalue weighted by Gasteiger charge is 2.51. The molecule has 128 valence electrons. The van der Waals surface area contributed by atoms with Gasteiger partial charge in [0.15, 0.2) is 0 Å². The lowest BCUT2D eigenvalue weighted by molar-refractivity contribution is -0.151. The molecule has 0 spiro atoms. The van der Waals surface area contributed by atoms with Gasteiger partial charge >= 0.3 is 5.97 Å². The number of ether oxygens (including phenoxy) is 1. The van der Waals surface area contributed by atoms with Crippen LogP contribution >= 0.6 is 0 Å². The van der Waals surface area contributed by atoms with Gasteiger partial charge in [0.25, 0.3) is 0 Å². The number of benzene rings is 1. The Bertz CT molecular complexity index is 648. The van der Waals surface area contributed by atoms with Crippen molar-refractivity contribution < 1.29 is 24.2 Å². The minimum atomic E-state index is -0.622. The van der Waals surface area contributed by atoms with Gasteiger partial charge in [0, 0.05) is 6.54 Å². The van der Waals surface area contributed by atoms with E-state index in [-0.39, 0.29) is 30.5 Å². The lowest BCUT2D eigenvalue weighted by atomic mass is 9.93. The Kier molecular flexibility index (Phi) is 4.53.